The molecular formula is C15H17N3O3S. The molecule has 1 aromatic heterocycles. The van der Waals surface area contributed by atoms with Crippen LogP contribution in [0.3, 0.4) is 0 Å². The van der Waals surface area contributed by atoms with Crippen LogP contribution < -0.4 is 16.4 Å². The molecule has 1 aliphatic carbocycles. The molecule has 1 saturated carbocycles. The quantitative estimate of drug-likeness (QED) is 0.699. The zero-order chi connectivity index (χ0) is 15.7. The molecule has 1 aromatic carbocycles. The zero-order valence-electron chi connectivity index (χ0n) is 11.9. The molecule has 7 heteroatoms. The maximum atomic E-state index is 12.1. The second kappa shape index (κ2) is 5.84. The average Bonchev–Trinajstić information content (AvgIpc) is 3.04. The number of carbonyl (C=O) groups is 2. The molecule has 5 N–H and O–H groups in total. The van der Waals surface area contributed by atoms with Crippen LogP contribution in [0.25, 0.3) is 10.1 Å². The molecule has 0 spiro atoms. The fraction of sp³-hybridized carbons (Fsp3) is 0.333. The number of hydrogen-bond acceptors (Lipinski definition) is 4. The van der Waals surface area contributed by atoms with Crippen LogP contribution in [0.2, 0.25) is 0 Å². The fourth-order valence-electron chi connectivity index (χ4n) is 2.81. The highest BCUT2D eigenvalue weighted by Crippen LogP contribution is 2.37. The Labute approximate surface area is 131 Å². The molecule has 1 fully saturated rings. The number of amides is 3. The number of phenolic OH excluding ortho intramolecular Hbond substituents is 1. The molecule has 0 unspecified atom stereocenters. The first-order valence-electron chi connectivity index (χ1n) is 7.17. The van der Waals surface area contributed by atoms with E-state index in [2.05, 4.69) is 10.6 Å². The van der Waals surface area contributed by atoms with Gasteiger partial charge in [-0.2, -0.15) is 0 Å². The Bertz CT molecular complexity index is 735. The van der Waals surface area contributed by atoms with Gasteiger partial charge in [0.15, 0.2) is 0 Å². The van der Waals surface area contributed by atoms with E-state index >= 15 is 0 Å². The van der Waals surface area contributed by atoms with Crippen LogP contribution in [-0.4, -0.2) is 23.1 Å². The van der Waals surface area contributed by atoms with Crippen molar-refractivity contribution in [3.05, 3.63) is 23.8 Å². The number of carbonyl (C=O) groups excluding carboxylic acids is 2. The van der Waals surface area contributed by atoms with Crippen LogP contribution >= 0.6 is 11.3 Å². The largest absolute Gasteiger partial charge is 0.508 e. The summed E-state index contributed by atoms with van der Waals surface area (Å²) in [6, 6.07) is 4.53. The Morgan fingerprint density at radius 2 is 2.00 bits per heavy atom. The number of urea groups is 1. The molecule has 116 valence electrons. The number of rotatable bonds is 3. The Balaban J connectivity index is 1.87. The summed E-state index contributed by atoms with van der Waals surface area (Å²) in [5.41, 5.74) is 5.72. The van der Waals surface area contributed by atoms with E-state index in [1.54, 1.807) is 12.1 Å². The van der Waals surface area contributed by atoms with Gasteiger partial charge in [-0.05, 0) is 31.0 Å². The fourth-order valence-corrected chi connectivity index (χ4v) is 3.95. The highest BCUT2D eigenvalue weighted by molar-refractivity contribution is 7.23. The van der Waals surface area contributed by atoms with Crippen LogP contribution in [0, 0.1) is 0 Å². The molecule has 0 atom stereocenters. The van der Waals surface area contributed by atoms with Crippen molar-refractivity contribution in [1.82, 2.24) is 5.32 Å². The molecule has 6 nitrogen and oxygen atoms in total. The summed E-state index contributed by atoms with van der Waals surface area (Å²) >= 11 is 1.22. The molecule has 0 saturated heterocycles. The summed E-state index contributed by atoms with van der Waals surface area (Å²) in [5.74, 6) is -0.500. The van der Waals surface area contributed by atoms with Crippen molar-refractivity contribution in [1.29, 1.82) is 0 Å². The first-order chi connectivity index (χ1) is 10.5. The molecule has 22 heavy (non-hydrogen) atoms. The van der Waals surface area contributed by atoms with Gasteiger partial charge in [-0.1, -0.05) is 12.8 Å². The Kier molecular flexibility index (Phi) is 3.89. The predicted molar refractivity (Wildman–Crippen MR) is 86.4 cm³/mol. The van der Waals surface area contributed by atoms with Gasteiger partial charge in [-0.15, -0.1) is 11.3 Å². The normalized spacial score (nSPS) is 15.1. The number of thiophene rings is 1. The summed E-state index contributed by atoms with van der Waals surface area (Å²) in [6.45, 7) is 0. The molecule has 0 bridgehead atoms. The minimum atomic E-state index is -0.604. The average molecular weight is 319 g/mol. The van der Waals surface area contributed by atoms with Gasteiger partial charge in [0.05, 0.1) is 5.56 Å². The summed E-state index contributed by atoms with van der Waals surface area (Å²) in [4.78, 5) is 23.8. The molecule has 0 radical (unpaired) electrons. The number of phenols is 1. The van der Waals surface area contributed by atoms with Crippen molar-refractivity contribution >= 4 is 38.4 Å². The maximum Gasteiger partial charge on any atom is 0.320 e. The van der Waals surface area contributed by atoms with Crippen LogP contribution in [0.1, 0.15) is 36.0 Å². The predicted octanol–water partition coefficient (Wildman–Crippen LogP) is 2.77. The number of fused-ring (bicyclic) bond motifs is 1. The van der Waals surface area contributed by atoms with E-state index in [1.165, 1.54) is 17.4 Å². The summed E-state index contributed by atoms with van der Waals surface area (Å²) in [6.07, 6.45) is 4.21. The molecule has 1 heterocycles. The van der Waals surface area contributed by atoms with E-state index in [9.17, 15) is 14.7 Å². The Hall–Kier alpha value is -2.28. The SMILES string of the molecule is NC(=O)c1c(NC(=O)NC2CCCC2)sc2cc(O)ccc12. The second-order valence-corrected chi connectivity index (χ2v) is 6.48. The molecule has 0 aliphatic heterocycles. The van der Waals surface area contributed by atoms with Crippen molar-refractivity contribution in [2.75, 3.05) is 5.32 Å². The van der Waals surface area contributed by atoms with E-state index < -0.39 is 5.91 Å². The topological polar surface area (TPSA) is 104 Å². The van der Waals surface area contributed by atoms with Crippen molar-refractivity contribution < 1.29 is 14.7 Å². The second-order valence-electron chi connectivity index (χ2n) is 5.43. The third-order valence-electron chi connectivity index (χ3n) is 3.84. The first kappa shape index (κ1) is 14.6. The van der Waals surface area contributed by atoms with E-state index in [4.69, 9.17) is 5.73 Å². The van der Waals surface area contributed by atoms with Crippen LogP contribution in [0.15, 0.2) is 18.2 Å². The standard InChI is InChI=1S/C15H17N3O3S/c16-13(20)12-10-6-5-9(19)7-11(10)22-14(12)18-15(21)17-8-3-1-2-4-8/h5-8,19H,1-4H2,(H2,16,20)(H2,17,18,21). The number of nitrogens with one attached hydrogen (secondary N) is 2. The Morgan fingerprint density at radius 3 is 2.68 bits per heavy atom. The van der Waals surface area contributed by atoms with Crippen molar-refractivity contribution in [2.24, 2.45) is 5.73 Å². The molecule has 2 aromatic rings. The lowest BCUT2D eigenvalue weighted by Gasteiger charge is -2.12. The smallest absolute Gasteiger partial charge is 0.320 e. The lowest BCUT2D eigenvalue weighted by atomic mass is 10.1. The van der Waals surface area contributed by atoms with Gasteiger partial charge >= 0.3 is 6.03 Å². The van der Waals surface area contributed by atoms with Gasteiger partial charge in [-0.3, -0.25) is 10.1 Å². The number of nitrogens with two attached hydrogens (primary N) is 1. The van der Waals surface area contributed by atoms with E-state index in [1.807, 2.05) is 0 Å². The third kappa shape index (κ3) is 2.85. The van der Waals surface area contributed by atoms with Crippen LogP contribution in [0.4, 0.5) is 9.80 Å². The zero-order valence-corrected chi connectivity index (χ0v) is 12.7. The maximum absolute atomic E-state index is 12.1. The minimum absolute atomic E-state index is 0.103. The van der Waals surface area contributed by atoms with Gasteiger partial charge in [-0.25, -0.2) is 4.79 Å². The molecule has 1 aliphatic rings. The van der Waals surface area contributed by atoms with Crippen LogP contribution in [0.5, 0.6) is 5.75 Å². The van der Waals surface area contributed by atoms with E-state index in [-0.39, 0.29) is 23.4 Å². The molecule has 3 amide bonds. The van der Waals surface area contributed by atoms with Crippen molar-refractivity contribution in [3.8, 4) is 5.75 Å². The number of hydrogen-bond donors (Lipinski definition) is 4. The van der Waals surface area contributed by atoms with Gasteiger partial charge in [0.25, 0.3) is 5.91 Å². The summed E-state index contributed by atoms with van der Waals surface area (Å²) < 4.78 is 0.699. The monoisotopic (exact) mass is 319 g/mol. The van der Waals surface area contributed by atoms with E-state index in [0.717, 1.165) is 25.7 Å². The molecule has 3 rings (SSSR count). The summed E-state index contributed by atoms with van der Waals surface area (Å²) in [5, 5.41) is 16.2. The van der Waals surface area contributed by atoms with E-state index in [0.29, 0.717) is 15.1 Å². The number of benzene rings is 1. The molecular weight excluding hydrogens is 302 g/mol. The lowest BCUT2D eigenvalue weighted by Crippen LogP contribution is -2.36. The first-order valence-corrected chi connectivity index (χ1v) is 7.99. The number of primary amides is 1. The minimum Gasteiger partial charge on any atom is -0.508 e. The lowest BCUT2D eigenvalue weighted by molar-refractivity contribution is 0.100. The Morgan fingerprint density at radius 1 is 1.27 bits per heavy atom. The highest BCUT2D eigenvalue weighted by atomic mass is 32.1. The van der Waals surface area contributed by atoms with Gasteiger partial charge in [0.2, 0.25) is 0 Å². The van der Waals surface area contributed by atoms with Crippen molar-refractivity contribution in [3.63, 3.8) is 0 Å². The number of aromatic hydroxyl groups is 1. The van der Waals surface area contributed by atoms with Gasteiger partial charge < -0.3 is 16.2 Å². The summed E-state index contributed by atoms with van der Waals surface area (Å²) in [7, 11) is 0. The third-order valence-corrected chi connectivity index (χ3v) is 4.91. The van der Waals surface area contributed by atoms with Crippen molar-refractivity contribution in [2.45, 2.75) is 31.7 Å². The van der Waals surface area contributed by atoms with Gasteiger partial charge in [0, 0.05) is 16.1 Å². The highest BCUT2D eigenvalue weighted by Gasteiger charge is 2.21. The van der Waals surface area contributed by atoms with Crippen LogP contribution in [-0.2, 0) is 0 Å². The van der Waals surface area contributed by atoms with Gasteiger partial charge in [0.1, 0.15) is 10.8 Å². The number of anilines is 1.